The van der Waals surface area contributed by atoms with Gasteiger partial charge in [0, 0.05) is 12.2 Å². The highest BCUT2D eigenvalue weighted by Gasteiger charge is 2.16. The smallest absolute Gasteiger partial charge is 0.175 e. The number of hydrogen-bond acceptors (Lipinski definition) is 3. The first-order valence-corrected chi connectivity index (χ1v) is 7.09. The average Bonchev–Trinajstić information content (AvgIpc) is 2.47. The first-order chi connectivity index (χ1) is 9.72. The molecule has 1 aliphatic rings. The lowest BCUT2D eigenvalue weighted by Crippen LogP contribution is -2.16. The summed E-state index contributed by atoms with van der Waals surface area (Å²) in [4.78, 5) is 0. The monoisotopic (exact) mass is 337 g/mol. The van der Waals surface area contributed by atoms with Crippen LogP contribution in [-0.2, 0) is 6.54 Å². The van der Waals surface area contributed by atoms with Gasteiger partial charge < -0.3 is 14.8 Å². The molecule has 0 amide bonds. The molecule has 1 N–H and O–H groups in total. The van der Waals surface area contributed by atoms with E-state index in [-0.39, 0.29) is 5.82 Å². The van der Waals surface area contributed by atoms with Crippen molar-refractivity contribution in [3.8, 4) is 11.5 Å². The van der Waals surface area contributed by atoms with Gasteiger partial charge >= 0.3 is 0 Å². The average molecular weight is 338 g/mol. The van der Waals surface area contributed by atoms with E-state index < -0.39 is 0 Å². The van der Waals surface area contributed by atoms with Gasteiger partial charge in [0.05, 0.1) is 4.47 Å². The number of fused-ring (bicyclic) bond motifs is 1. The molecule has 20 heavy (non-hydrogen) atoms. The van der Waals surface area contributed by atoms with Crippen molar-refractivity contribution in [2.75, 3.05) is 18.5 Å². The van der Waals surface area contributed by atoms with Crippen molar-refractivity contribution in [1.82, 2.24) is 0 Å². The number of benzene rings is 2. The number of ether oxygens (including phenoxy) is 2. The van der Waals surface area contributed by atoms with E-state index >= 15 is 0 Å². The van der Waals surface area contributed by atoms with Crippen molar-refractivity contribution in [3.63, 3.8) is 0 Å². The summed E-state index contributed by atoms with van der Waals surface area (Å²) >= 11 is 3.49. The lowest BCUT2D eigenvalue weighted by atomic mass is 10.2. The highest BCUT2D eigenvalue weighted by atomic mass is 79.9. The standard InChI is InChI=1S/C15H13BrFNO2/c16-13-7-10(8-14-15(13)20-6-5-19-14)9-18-12-3-1-11(17)2-4-12/h1-4,7-8,18H,5-6,9H2. The molecule has 2 aromatic rings. The van der Waals surface area contributed by atoms with E-state index in [2.05, 4.69) is 21.2 Å². The van der Waals surface area contributed by atoms with Crippen LogP contribution < -0.4 is 14.8 Å². The van der Waals surface area contributed by atoms with Crippen molar-refractivity contribution in [1.29, 1.82) is 0 Å². The van der Waals surface area contributed by atoms with Crippen molar-refractivity contribution in [3.05, 3.63) is 52.3 Å². The van der Waals surface area contributed by atoms with Crippen LogP contribution in [0.3, 0.4) is 0 Å². The summed E-state index contributed by atoms with van der Waals surface area (Å²) in [6.45, 7) is 1.76. The summed E-state index contributed by atoms with van der Waals surface area (Å²) in [6, 6.07) is 10.2. The van der Waals surface area contributed by atoms with Crippen molar-refractivity contribution >= 4 is 21.6 Å². The van der Waals surface area contributed by atoms with Crippen LogP contribution in [0.4, 0.5) is 10.1 Å². The van der Waals surface area contributed by atoms with Gasteiger partial charge in [0.2, 0.25) is 0 Å². The van der Waals surface area contributed by atoms with Crippen molar-refractivity contribution in [2.24, 2.45) is 0 Å². The van der Waals surface area contributed by atoms with E-state index in [4.69, 9.17) is 9.47 Å². The van der Waals surface area contributed by atoms with Gasteiger partial charge in [-0.15, -0.1) is 0 Å². The molecule has 2 aromatic carbocycles. The van der Waals surface area contributed by atoms with Gasteiger partial charge in [0.15, 0.2) is 11.5 Å². The van der Waals surface area contributed by atoms with Crippen LogP contribution >= 0.6 is 15.9 Å². The summed E-state index contributed by atoms with van der Waals surface area (Å²) < 4.78 is 24.8. The second-order valence-electron chi connectivity index (χ2n) is 4.46. The molecule has 0 saturated carbocycles. The molecule has 0 spiro atoms. The normalized spacial score (nSPS) is 13.1. The first kappa shape index (κ1) is 13.2. The van der Waals surface area contributed by atoms with Crippen LogP contribution in [0.15, 0.2) is 40.9 Å². The number of hydrogen-bond donors (Lipinski definition) is 1. The zero-order valence-corrected chi connectivity index (χ0v) is 12.2. The zero-order valence-electron chi connectivity index (χ0n) is 10.7. The molecule has 0 aromatic heterocycles. The number of halogens is 2. The molecular formula is C15H13BrFNO2. The van der Waals surface area contributed by atoms with E-state index in [0.29, 0.717) is 19.8 Å². The highest BCUT2D eigenvalue weighted by Crippen LogP contribution is 2.38. The third-order valence-electron chi connectivity index (χ3n) is 3.00. The Balaban J connectivity index is 1.74. The second kappa shape index (κ2) is 5.71. The van der Waals surface area contributed by atoms with E-state index in [1.807, 2.05) is 12.1 Å². The predicted octanol–water partition coefficient (Wildman–Crippen LogP) is 3.97. The maximum absolute atomic E-state index is 12.8. The Morgan fingerprint density at radius 1 is 1.10 bits per heavy atom. The lowest BCUT2D eigenvalue weighted by molar-refractivity contribution is 0.170. The third kappa shape index (κ3) is 2.88. The summed E-state index contributed by atoms with van der Waals surface area (Å²) in [5, 5.41) is 3.24. The molecule has 1 heterocycles. The minimum Gasteiger partial charge on any atom is -0.486 e. The van der Waals surface area contributed by atoms with Crippen LogP contribution in [0.2, 0.25) is 0 Å². The topological polar surface area (TPSA) is 30.5 Å². The molecule has 0 radical (unpaired) electrons. The van der Waals surface area contributed by atoms with Gasteiger partial charge in [0.25, 0.3) is 0 Å². The molecule has 0 fully saturated rings. The Labute approximate surface area is 124 Å². The SMILES string of the molecule is Fc1ccc(NCc2cc(Br)c3c(c2)OCCO3)cc1. The van der Waals surface area contributed by atoms with Gasteiger partial charge in [-0.1, -0.05) is 0 Å². The summed E-state index contributed by atoms with van der Waals surface area (Å²) in [7, 11) is 0. The Bertz CT molecular complexity index is 616. The summed E-state index contributed by atoms with van der Waals surface area (Å²) in [5.74, 6) is 1.26. The van der Waals surface area contributed by atoms with Crippen LogP contribution in [0.25, 0.3) is 0 Å². The minimum absolute atomic E-state index is 0.238. The molecule has 0 aliphatic carbocycles. The fourth-order valence-electron chi connectivity index (χ4n) is 2.04. The van der Waals surface area contributed by atoms with E-state index in [1.54, 1.807) is 12.1 Å². The van der Waals surface area contributed by atoms with Crippen LogP contribution in [-0.4, -0.2) is 13.2 Å². The predicted molar refractivity (Wildman–Crippen MR) is 78.9 cm³/mol. The zero-order chi connectivity index (χ0) is 13.9. The fourth-order valence-corrected chi connectivity index (χ4v) is 2.64. The quantitative estimate of drug-likeness (QED) is 0.919. The molecule has 104 valence electrons. The Morgan fingerprint density at radius 2 is 1.85 bits per heavy atom. The maximum atomic E-state index is 12.8. The van der Waals surface area contributed by atoms with Crippen LogP contribution in [0.5, 0.6) is 11.5 Å². The highest BCUT2D eigenvalue weighted by molar-refractivity contribution is 9.10. The number of nitrogens with one attached hydrogen (secondary N) is 1. The van der Waals surface area contributed by atoms with Crippen LogP contribution in [0.1, 0.15) is 5.56 Å². The largest absolute Gasteiger partial charge is 0.486 e. The Kier molecular flexibility index (Phi) is 3.78. The molecule has 0 saturated heterocycles. The second-order valence-corrected chi connectivity index (χ2v) is 5.32. The third-order valence-corrected chi connectivity index (χ3v) is 3.59. The van der Waals surface area contributed by atoms with Gasteiger partial charge in [-0.3, -0.25) is 0 Å². The van der Waals surface area contributed by atoms with Crippen LogP contribution in [0, 0.1) is 5.82 Å². The molecule has 1 aliphatic heterocycles. The molecule has 5 heteroatoms. The van der Waals surface area contributed by atoms with E-state index in [0.717, 1.165) is 27.2 Å². The first-order valence-electron chi connectivity index (χ1n) is 6.30. The lowest BCUT2D eigenvalue weighted by Gasteiger charge is -2.20. The van der Waals surface area contributed by atoms with Gasteiger partial charge in [-0.05, 0) is 57.9 Å². The van der Waals surface area contributed by atoms with Crippen molar-refractivity contribution < 1.29 is 13.9 Å². The Morgan fingerprint density at radius 3 is 2.65 bits per heavy atom. The minimum atomic E-state index is -0.238. The Hall–Kier alpha value is -1.75. The number of rotatable bonds is 3. The molecule has 0 unspecified atom stereocenters. The maximum Gasteiger partial charge on any atom is 0.175 e. The number of anilines is 1. The van der Waals surface area contributed by atoms with Gasteiger partial charge in [0.1, 0.15) is 19.0 Å². The molecule has 3 nitrogen and oxygen atoms in total. The van der Waals surface area contributed by atoms with E-state index in [1.165, 1.54) is 12.1 Å². The summed E-state index contributed by atoms with van der Waals surface area (Å²) in [6.07, 6.45) is 0. The molecule has 3 rings (SSSR count). The molecule has 0 atom stereocenters. The van der Waals surface area contributed by atoms with Gasteiger partial charge in [-0.25, -0.2) is 4.39 Å². The van der Waals surface area contributed by atoms with E-state index in [9.17, 15) is 4.39 Å². The fraction of sp³-hybridized carbons (Fsp3) is 0.200. The summed E-state index contributed by atoms with van der Waals surface area (Å²) in [5.41, 5.74) is 1.93. The van der Waals surface area contributed by atoms with Crippen molar-refractivity contribution in [2.45, 2.75) is 6.54 Å². The molecular weight excluding hydrogens is 325 g/mol. The van der Waals surface area contributed by atoms with Gasteiger partial charge in [-0.2, -0.15) is 0 Å². The molecule has 0 bridgehead atoms.